The molecule has 2 aliphatic heterocycles. The third-order valence-electron chi connectivity index (χ3n) is 4.47. The van der Waals surface area contributed by atoms with Crippen LogP contribution < -0.4 is 5.01 Å². The minimum absolute atomic E-state index is 0.00566. The number of benzene rings is 1. The van der Waals surface area contributed by atoms with E-state index in [0.717, 1.165) is 25.7 Å². The molecule has 5 nitrogen and oxygen atoms in total. The van der Waals surface area contributed by atoms with Crippen molar-refractivity contribution in [3.05, 3.63) is 29.3 Å². The van der Waals surface area contributed by atoms with Gasteiger partial charge in [0.05, 0.1) is 0 Å². The first-order valence-corrected chi connectivity index (χ1v) is 8.43. The first-order valence-electron chi connectivity index (χ1n) is 8.43. The molecule has 3 rings (SSSR count). The van der Waals surface area contributed by atoms with Gasteiger partial charge >= 0.3 is 0 Å². The minimum atomic E-state index is -1.73. The number of carbonyl (C=O) groups is 2. The maximum absolute atomic E-state index is 14.0. The molecule has 0 radical (unpaired) electrons. The predicted molar refractivity (Wildman–Crippen MR) is 85.5 cm³/mol. The maximum Gasteiger partial charge on any atom is 0.270 e. The second-order valence-corrected chi connectivity index (χ2v) is 6.28. The van der Waals surface area contributed by atoms with Gasteiger partial charge < -0.3 is 4.90 Å². The van der Waals surface area contributed by atoms with Gasteiger partial charge in [-0.15, -0.1) is 0 Å². The summed E-state index contributed by atoms with van der Waals surface area (Å²) in [6.45, 7) is 1.06. The van der Waals surface area contributed by atoms with E-state index in [-0.39, 0.29) is 29.6 Å². The largest absolute Gasteiger partial charge is 0.338 e. The van der Waals surface area contributed by atoms with Gasteiger partial charge in [-0.25, -0.2) is 17.6 Å². The predicted octanol–water partition coefficient (Wildman–Crippen LogP) is 3.13. The van der Waals surface area contributed by atoms with Crippen LogP contribution in [0.25, 0.3) is 0 Å². The van der Waals surface area contributed by atoms with Crippen molar-refractivity contribution in [2.75, 3.05) is 18.1 Å². The monoisotopic (exact) mass is 371 g/mol. The molecule has 1 fully saturated rings. The van der Waals surface area contributed by atoms with Crippen LogP contribution in [0.5, 0.6) is 0 Å². The summed E-state index contributed by atoms with van der Waals surface area (Å²) in [4.78, 5) is 26.2. The molecule has 0 bridgehead atoms. The Morgan fingerprint density at radius 2 is 1.50 bits per heavy atom. The highest BCUT2D eigenvalue weighted by Gasteiger charge is 2.33. The van der Waals surface area contributed by atoms with Crippen molar-refractivity contribution < 1.29 is 27.2 Å². The normalized spacial score (nSPS) is 18.6. The van der Waals surface area contributed by atoms with E-state index in [1.807, 2.05) is 0 Å². The van der Waals surface area contributed by atoms with Crippen LogP contribution in [0.15, 0.2) is 11.2 Å². The number of nitrogens with zero attached hydrogens (tertiary/aromatic N) is 3. The lowest BCUT2D eigenvalue weighted by molar-refractivity contribution is -0.124. The Kier molecular flexibility index (Phi) is 5.24. The first-order chi connectivity index (χ1) is 12.4. The van der Waals surface area contributed by atoms with E-state index in [1.165, 1.54) is 0 Å². The lowest BCUT2D eigenvalue weighted by atomic mass is 10.1. The van der Waals surface area contributed by atoms with Crippen LogP contribution in [-0.2, 0) is 9.59 Å². The molecule has 2 amide bonds. The molecule has 0 unspecified atom stereocenters. The van der Waals surface area contributed by atoms with Crippen LogP contribution >= 0.6 is 0 Å². The summed E-state index contributed by atoms with van der Waals surface area (Å²) in [5.41, 5.74) is -1.30. The summed E-state index contributed by atoms with van der Waals surface area (Å²) >= 11 is 0. The van der Waals surface area contributed by atoms with Crippen molar-refractivity contribution in [3.8, 4) is 0 Å². The zero-order chi connectivity index (χ0) is 18.8. The van der Waals surface area contributed by atoms with Crippen molar-refractivity contribution >= 4 is 23.2 Å². The second kappa shape index (κ2) is 7.43. The molecule has 2 heterocycles. The van der Waals surface area contributed by atoms with Crippen LogP contribution in [0.4, 0.5) is 23.2 Å². The van der Waals surface area contributed by atoms with Crippen LogP contribution in [0.2, 0.25) is 0 Å². The van der Waals surface area contributed by atoms with Crippen molar-refractivity contribution in [2.24, 2.45) is 5.10 Å². The standard InChI is InChI=1S/C17H17F4N3O2/c18-10-9-11(19)15(21)16(14(10)20)24-13(25)6-5-12(22-24)17(26)23-7-3-1-2-4-8-23/h9H,1-8H2. The van der Waals surface area contributed by atoms with Crippen LogP contribution in [0.3, 0.4) is 0 Å². The summed E-state index contributed by atoms with van der Waals surface area (Å²) in [6.07, 6.45) is 3.43. The fraction of sp³-hybridized carbons (Fsp3) is 0.471. The molecule has 26 heavy (non-hydrogen) atoms. The SMILES string of the molecule is O=C(C1=NN(c2c(F)c(F)cc(F)c2F)C(=O)CC1)N1CCCCCC1. The highest BCUT2D eigenvalue weighted by atomic mass is 19.2. The topological polar surface area (TPSA) is 53.0 Å². The van der Waals surface area contributed by atoms with Gasteiger partial charge in [0.2, 0.25) is 5.91 Å². The van der Waals surface area contributed by atoms with E-state index < -0.39 is 40.8 Å². The molecular formula is C17H17F4N3O2. The highest BCUT2D eigenvalue weighted by molar-refractivity contribution is 6.40. The van der Waals surface area contributed by atoms with Gasteiger partial charge in [0.1, 0.15) is 11.4 Å². The maximum atomic E-state index is 14.0. The molecule has 140 valence electrons. The summed E-state index contributed by atoms with van der Waals surface area (Å²) in [6, 6.07) is 0.0512. The first kappa shape index (κ1) is 18.3. The van der Waals surface area contributed by atoms with Gasteiger partial charge in [-0.1, -0.05) is 12.8 Å². The molecule has 1 saturated heterocycles. The van der Waals surface area contributed by atoms with E-state index in [4.69, 9.17) is 0 Å². The van der Waals surface area contributed by atoms with Crippen LogP contribution in [-0.4, -0.2) is 35.5 Å². The lowest BCUT2D eigenvalue weighted by Gasteiger charge is -2.27. The van der Waals surface area contributed by atoms with Crippen LogP contribution in [0, 0.1) is 23.3 Å². The molecule has 1 aromatic rings. The number of hydrazone groups is 1. The van der Waals surface area contributed by atoms with Crippen LogP contribution in [0.1, 0.15) is 38.5 Å². The number of rotatable bonds is 2. The molecule has 0 spiro atoms. The molecule has 0 aromatic heterocycles. The van der Waals surface area contributed by atoms with E-state index in [1.54, 1.807) is 4.90 Å². The van der Waals surface area contributed by atoms with E-state index in [2.05, 4.69) is 5.10 Å². The zero-order valence-electron chi connectivity index (χ0n) is 13.9. The molecular weight excluding hydrogens is 354 g/mol. The van der Waals surface area contributed by atoms with Crippen molar-refractivity contribution in [3.63, 3.8) is 0 Å². The number of likely N-dealkylation sites (tertiary alicyclic amines) is 1. The number of amides is 2. The average Bonchev–Trinajstić information content (AvgIpc) is 2.90. The summed E-state index contributed by atoms with van der Waals surface area (Å²) < 4.78 is 54.9. The molecule has 0 saturated carbocycles. The summed E-state index contributed by atoms with van der Waals surface area (Å²) in [7, 11) is 0. The van der Waals surface area contributed by atoms with Crippen molar-refractivity contribution in [1.29, 1.82) is 0 Å². The Hall–Kier alpha value is -2.45. The second-order valence-electron chi connectivity index (χ2n) is 6.28. The minimum Gasteiger partial charge on any atom is -0.338 e. The van der Waals surface area contributed by atoms with E-state index in [9.17, 15) is 27.2 Å². The Balaban J connectivity index is 1.96. The third-order valence-corrected chi connectivity index (χ3v) is 4.47. The Labute approximate surface area is 147 Å². The fourth-order valence-corrected chi connectivity index (χ4v) is 3.08. The Morgan fingerprint density at radius 1 is 0.923 bits per heavy atom. The summed E-state index contributed by atoms with van der Waals surface area (Å²) in [5.74, 6) is -8.03. The quantitative estimate of drug-likeness (QED) is 0.593. The Bertz CT molecular complexity index is 748. The summed E-state index contributed by atoms with van der Waals surface area (Å²) in [5, 5.41) is 3.99. The van der Waals surface area contributed by atoms with E-state index in [0.29, 0.717) is 13.1 Å². The van der Waals surface area contributed by atoms with Gasteiger partial charge in [-0.05, 0) is 12.8 Å². The van der Waals surface area contributed by atoms with Crippen molar-refractivity contribution in [1.82, 2.24) is 4.90 Å². The van der Waals surface area contributed by atoms with Gasteiger partial charge in [0, 0.05) is 32.0 Å². The van der Waals surface area contributed by atoms with E-state index >= 15 is 0 Å². The van der Waals surface area contributed by atoms with Gasteiger partial charge in [-0.3, -0.25) is 9.59 Å². The molecule has 0 N–H and O–H groups in total. The van der Waals surface area contributed by atoms with Gasteiger partial charge in [0.15, 0.2) is 23.3 Å². The number of halogens is 4. The lowest BCUT2D eigenvalue weighted by Crippen LogP contribution is -2.42. The number of hydrogen-bond acceptors (Lipinski definition) is 3. The molecule has 0 aliphatic carbocycles. The molecule has 1 aromatic carbocycles. The van der Waals surface area contributed by atoms with Gasteiger partial charge in [-0.2, -0.15) is 10.1 Å². The third kappa shape index (κ3) is 3.42. The number of anilines is 1. The smallest absolute Gasteiger partial charge is 0.270 e. The average molecular weight is 371 g/mol. The van der Waals surface area contributed by atoms with Gasteiger partial charge in [0.25, 0.3) is 5.91 Å². The number of carbonyl (C=O) groups excluding carboxylic acids is 2. The highest BCUT2D eigenvalue weighted by Crippen LogP contribution is 2.30. The molecule has 9 heteroatoms. The fourth-order valence-electron chi connectivity index (χ4n) is 3.08. The van der Waals surface area contributed by atoms with Crippen molar-refractivity contribution in [2.45, 2.75) is 38.5 Å². The molecule has 2 aliphatic rings. The number of hydrogen-bond donors (Lipinski definition) is 0. The zero-order valence-corrected chi connectivity index (χ0v) is 13.9. The molecule has 0 atom stereocenters. The Morgan fingerprint density at radius 3 is 2.08 bits per heavy atom.